The standard InChI is InChI=1S/C24H27ClO5/c1-13(2)15-5-3-14(4-6-15)9-16-10-18(17-7-8-29-24(17)22(16)25)20-11-19(27)23(28)21(12-26)30-20/h3-6,10,19-21,23,26-28H,1,7-9,11-12H2,2H3/t19?,20?,21?,23-/m0/s1. The molecule has 1 fully saturated rings. The summed E-state index contributed by atoms with van der Waals surface area (Å²) < 4.78 is 11.8. The van der Waals surface area contributed by atoms with Gasteiger partial charge in [-0.25, -0.2) is 0 Å². The SMILES string of the molecule is C=C(C)c1ccc(Cc2cc(C3CC(O)[C@H](O)C(CO)O3)c3c(c2Cl)OCC3)cc1. The van der Waals surface area contributed by atoms with Crippen LogP contribution in [0.1, 0.15) is 47.3 Å². The van der Waals surface area contributed by atoms with Crippen molar-refractivity contribution in [3.05, 3.63) is 69.8 Å². The van der Waals surface area contributed by atoms with Crippen molar-refractivity contribution < 1.29 is 24.8 Å². The van der Waals surface area contributed by atoms with Gasteiger partial charge in [0.25, 0.3) is 0 Å². The van der Waals surface area contributed by atoms with E-state index in [9.17, 15) is 15.3 Å². The molecule has 1 saturated heterocycles. The van der Waals surface area contributed by atoms with Crippen LogP contribution in [0.2, 0.25) is 5.02 Å². The number of fused-ring (bicyclic) bond motifs is 1. The number of hydrogen-bond acceptors (Lipinski definition) is 5. The summed E-state index contributed by atoms with van der Waals surface area (Å²) >= 11 is 6.70. The Morgan fingerprint density at radius 2 is 1.97 bits per heavy atom. The van der Waals surface area contributed by atoms with E-state index in [-0.39, 0.29) is 13.0 Å². The van der Waals surface area contributed by atoms with Gasteiger partial charge in [0.05, 0.1) is 30.4 Å². The zero-order valence-corrected chi connectivity index (χ0v) is 17.7. The fourth-order valence-electron chi connectivity index (χ4n) is 4.26. The molecule has 4 atom stereocenters. The van der Waals surface area contributed by atoms with Crippen LogP contribution in [0.3, 0.4) is 0 Å². The van der Waals surface area contributed by atoms with Crippen LogP contribution in [0, 0.1) is 0 Å². The molecule has 0 aromatic heterocycles. The van der Waals surface area contributed by atoms with Crippen molar-refractivity contribution >= 4 is 17.2 Å². The Morgan fingerprint density at radius 1 is 1.23 bits per heavy atom. The molecule has 0 saturated carbocycles. The Labute approximate surface area is 181 Å². The normalized spacial score (nSPS) is 25.6. The summed E-state index contributed by atoms with van der Waals surface area (Å²) in [5, 5.41) is 30.5. The van der Waals surface area contributed by atoms with E-state index < -0.39 is 24.4 Å². The zero-order chi connectivity index (χ0) is 21.4. The lowest BCUT2D eigenvalue weighted by Crippen LogP contribution is -2.47. The fourth-order valence-corrected chi connectivity index (χ4v) is 4.55. The second-order valence-corrected chi connectivity index (χ2v) is 8.52. The van der Waals surface area contributed by atoms with Crippen LogP contribution >= 0.6 is 11.6 Å². The highest BCUT2D eigenvalue weighted by Gasteiger charge is 2.39. The molecule has 0 bridgehead atoms. The third-order valence-electron chi connectivity index (χ3n) is 5.97. The van der Waals surface area contributed by atoms with E-state index in [0.29, 0.717) is 30.2 Å². The molecular weight excluding hydrogens is 404 g/mol. The Balaban J connectivity index is 1.68. The van der Waals surface area contributed by atoms with Gasteiger partial charge in [0.2, 0.25) is 0 Å². The molecule has 160 valence electrons. The first-order chi connectivity index (χ1) is 14.4. The van der Waals surface area contributed by atoms with Gasteiger partial charge in [-0.3, -0.25) is 0 Å². The molecule has 0 aliphatic carbocycles. The average molecular weight is 431 g/mol. The van der Waals surface area contributed by atoms with Crippen molar-refractivity contribution in [2.75, 3.05) is 13.2 Å². The minimum Gasteiger partial charge on any atom is -0.491 e. The number of allylic oxidation sites excluding steroid dienone is 1. The van der Waals surface area contributed by atoms with Gasteiger partial charge >= 0.3 is 0 Å². The van der Waals surface area contributed by atoms with Crippen LogP contribution < -0.4 is 4.74 Å². The van der Waals surface area contributed by atoms with Gasteiger partial charge in [0.15, 0.2) is 0 Å². The van der Waals surface area contributed by atoms with E-state index in [1.54, 1.807) is 0 Å². The molecule has 30 heavy (non-hydrogen) atoms. The highest BCUT2D eigenvalue weighted by atomic mass is 35.5. The largest absolute Gasteiger partial charge is 0.491 e. The highest BCUT2D eigenvalue weighted by molar-refractivity contribution is 6.33. The number of halogens is 1. The van der Waals surface area contributed by atoms with E-state index in [1.165, 1.54) is 0 Å². The number of ether oxygens (including phenoxy) is 2. The molecule has 0 radical (unpaired) electrons. The molecule has 6 heteroatoms. The molecule has 2 aliphatic heterocycles. The average Bonchev–Trinajstić information content (AvgIpc) is 3.23. The molecule has 3 N–H and O–H groups in total. The molecule has 2 aromatic carbocycles. The van der Waals surface area contributed by atoms with E-state index >= 15 is 0 Å². The quantitative estimate of drug-likeness (QED) is 0.677. The number of aliphatic hydroxyl groups is 3. The van der Waals surface area contributed by atoms with Crippen LogP contribution in [-0.2, 0) is 17.6 Å². The highest BCUT2D eigenvalue weighted by Crippen LogP contribution is 2.44. The van der Waals surface area contributed by atoms with Crippen LogP contribution in [-0.4, -0.2) is 46.8 Å². The number of benzene rings is 2. The summed E-state index contributed by atoms with van der Waals surface area (Å²) in [6, 6.07) is 10.2. The molecule has 5 nitrogen and oxygen atoms in total. The fraction of sp³-hybridized carbons (Fsp3) is 0.417. The van der Waals surface area contributed by atoms with Crippen LogP contribution in [0.15, 0.2) is 36.9 Å². The Morgan fingerprint density at radius 3 is 2.63 bits per heavy atom. The van der Waals surface area contributed by atoms with E-state index in [4.69, 9.17) is 21.1 Å². The Hall–Kier alpha value is -1.89. The Kier molecular flexibility index (Phi) is 6.19. The molecule has 2 heterocycles. The van der Waals surface area contributed by atoms with Crippen molar-refractivity contribution in [3.63, 3.8) is 0 Å². The first kappa shape index (κ1) is 21.3. The molecule has 2 aliphatic rings. The van der Waals surface area contributed by atoms with E-state index in [0.717, 1.165) is 33.4 Å². The van der Waals surface area contributed by atoms with Gasteiger partial charge in [-0.2, -0.15) is 0 Å². The summed E-state index contributed by atoms with van der Waals surface area (Å²) in [5.41, 5.74) is 6.03. The van der Waals surface area contributed by atoms with Gasteiger partial charge in [-0.1, -0.05) is 54.1 Å². The summed E-state index contributed by atoms with van der Waals surface area (Å²) in [5.74, 6) is 0.674. The van der Waals surface area contributed by atoms with Crippen LogP contribution in [0.4, 0.5) is 0 Å². The summed E-state index contributed by atoms with van der Waals surface area (Å²) in [6.07, 6.45) is -1.76. The monoisotopic (exact) mass is 430 g/mol. The van der Waals surface area contributed by atoms with Crippen LogP contribution in [0.25, 0.3) is 5.57 Å². The minimum atomic E-state index is -1.10. The van der Waals surface area contributed by atoms with Gasteiger partial charge in [-0.15, -0.1) is 0 Å². The molecule has 0 spiro atoms. The van der Waals surface area contributed by atoms with Crippen molar-refractivity contribution in [1.82, 2.24) is 0 Å². The lowest BCUT2D eigenvalue weighted by molar-refractivity contribution is -0.181. The molecule has 3 unspecified atom stereocenters. The lowest BCUT2D eigenvalue weighted by Gasteiger charge is -2.37. The maximum atomic E-state index is 10.3. The van der Waals surface area contributed by atoms with Crippen molar-refractivity contribution in [2.24, 2.45) is 0 Å². The molecular formula is C24H27ClO5. The first-order valence-corrected chi connectivity index (χ1v) is 10.6. The maximum Gasteiger partial charge on any atom is 0.141 e. The van der Waals surface area contributed by atoms with Crippen molar-refractivity contribution in [2.45, 2.75) is 50.6 Å². The topological polar surface area (TPSA) is 79.2 Å². The summed E-state index contributed by atoms with van der Waals surface area (Å²) in [6.45, 7) is 6.13. The Bertz CT molecular complexity index is 940. The van der Waals surface area contributed by atoms with Crippen molar-refractivity contribution in [3.8, 4) is 5.75 Å². The van der Waals surface area contributed by atoms with Crippen LogP contribution in [0.5, 0.6) is 5.75 Å². The third-order valence-corrected chi connectivity index (χ3v) is 6.38. The van der Waals surface area contributed by atoms with E-state index in [1.807, 2.05) is 25.1 Å². The van der Waals surface area contributed by atoms with Crippen molar-refractivity contribution in [1.29, 1.82) is 0 Å². The van der Waals surface area contributed by atoms with Gasteiger partial charge in [0, 0.05) is 18.4 Å². The second kappa shape index (κ2) is 8.69. The second-order valence-electron chi connectivity index (χ2n) is 8.14. The van der Waals surface area contributed by atoms with Gasteiger partial charge in [-0.05, 0) is 35.6 Å². The smallest absolute Gasteiger partial charge is 0.141 e. The minimum absolute atomic E-state index is 0.248. The predicted octanol–water partition coefficient (Wildman–Crippen LogP) is 3.44. The van der Waals surface area contributed by atoms with Gasteiger partial charge < -0.3 is 24.8 Å². The predicted molar refractivity (Wildman–Crippen MR) is 116 cm³/mol. The molecule has 2 aromatic rings. The summed E-state index contributed by atoms with van der Waals surface area (Å²) in [4.78, 5) is 0. The summed E-state index contributed by atoms with van der Waals surface area (Å²) in [7, 11) is 0. The van der Waals surface area contributed by atoms with E-state index in [2.05, 4.69) is 18.7 Å². The van der Waals surface area contributed by atoms with Gasteiger partial charge in [0.1, 0.15) is 18.0 Å². The number of hydrogen-bond donors (Lipinski definition) is 3. The first-order valence-electron chi connectivity index (χ1n) is 10.2. The molecule has 4 rings (SSSR count). The molecule has 0 amide bonds. The zero-order valence-electron chi connectivity index (χ0n) is 17.0. The number of rotatable bonds is 5. The number of aliphatic hydroxyl groups excluding tert-OH is 3. The maximum absolute atomic E-state index is 10.3. The lowest BCUT2D eigenvalue weighted by atomic mass is 9.88. The third kappa shape index (κ3) is 4.01.